The van der Waals surface area contributed by atoms with Gasteiger partial charge >= 0.3 is 5.97 Å². The second kappa shape index (κ2) is 7.86. The molecule has 1 amide bonds. The fourth-order valence-electron chi connectivity index (χ4n) is 1.75. The van der Waals surface area contributed by atoms with Crippen molar-refractivity contribution in [3.8, 4) is 0 Å². The van der Waals surface area contributed by atoms with Gasteiger partial charge in [-0.15, -0.1) is 0 Å². The molecule has 116 valence electrons. The number of carboxylic acids is 1. The maximum Gasteiger partial charge on any atom is 0.335 e. The van der Waals surface area contributed by atoms with Crippen molar-refractivity contribution < 1.29 is 14.7 Å². The van der Waals surface area contributed by atoms with E-state index in [1.165, 1.54) is 18.2 Å². The highest BCUT2D eigenvalue weighted by Gasteiger charge is 2.04. The molecule has 0 aliphatic carbocycles. The Hall–Kier alpha value is -2.99. The van der Waals surface area contributed by atoms with E-state index in [2.05, 4.69) is 10.6 Å². The predicted molar refractivity (Wildman–Crippen MR) is 93.2 cm³/mol. The van der Waals surface area contributed by atoms with Crippen molar-refractivity contribution in [2.24, 2.45) is 0 Å². The van der Waals surface area contributed by atoms with Gasteiger partial charge in [0.05, 0.1) is 5.56 Å². The summed E-state index contributed by atoms with van der Waals surface area (Å²) < 4.78 is 0. The van der Waals surface area contributed by atoms with Crippen LogP contribution in [0, 0.1) is 0 Å². The molecule has 5 nitrogen and oxygen atoms in total. The van der Waals surface area contributed by atoms with E-state index in [0.29, 0.717) is 5.69 Å². The van der Waals surface area contributed by atoms with E-state index in [9.17, 15) is 9.59 Å². The summed E-state index contributed by atoms with van der Waals surface area (Å²) in [5.41, 5.74) is 1.68. The molecule has 0 bridgehead atoms. The van der Waals surface area contributed by atoms with E-state index in [1.807, 2.05) is 30.3 Å². The number of hydrogen-bond donors (Lipinski definition) is 3. The highest BCUT2D eigenvalue weighted by molar-refractivity contribution is 7.80. The fourth-order valence-corrected chi connectivity index (χ4v) is 1.97. The maximum absolute atomic E-state index is 11.8. The van der Waals surface area contributed by atoms with E-state index in [1.54, 1.807) is 18.2 Å². The quantitative estimate of drug-likeness (QED) is 0.595. The molecule has 6 heteroatoms. The average Bonchev–Trinajstić information content (AvgIpc) is 2.54. The first-order valence-corrected chi connectivity index (χ1v) is 7.14. The number of anilines is 1. The molecule has 0 unspecified atom stereocenters. The van der Waals surface area contributed by atoms with Crippen LogP contribution in [-0.2, 0) is 4.79 Å². The van der Waals surface area contributed by atoms with Crippen molar-refractivity contribution >= 4 is 41.0 Å². The Morgan fingerprint density at radius 2 is 1.65 bits per heavy atom. The van der Waals surface area contributed by atoms with Crippen molar-refractivity contribution in [1.29, 1.82) is 0 Å². The molecule has 2 aromatic rings. The minimum atomic E-state index is -1.00. The van der Waals surface area contributed by atoms with Crippen LogP contribution in [0.4, 0.5) is 5.69 Å². The van der Waals surface area contributed by atoms with Crippen LogP contribution in [0.15, 0.2) is 60.7 Å². The number of carbonyl (C=O) groups is 2. The molecule has 0 saturated heterocycles. The number of aromatic carboxylic acids is 1. The van der Waals surface area contributed by atoms with Gasteiger partial charge in [-0.25, -0.2) is 4.79 Å². The Morgan fingerprint density at radius 1 is 1.00 bits per heavy atom. The Labute approximate surface area is 138 Å². The Balaban J connectivity index is 1.87. The summed E-state index contributed by atoms with van der Waals surface area (Å²) in [4.78, 5) is 22.5. The van der Waals surface area contributed by atoms with Gasteiger partial charge in [0.25, 0.3) is 0 Å². The van der Waals surface area contributed by atoms with Crippen molar-refractivity contribution in [3.05, 3.63) is 71.8 Å². The van der Waals surface area contributed by atoms with E-state index in [0.717, 1.165) is 5.56 Å². The summed E-state index contributed by atoms with van der Waals surface area (Å²) in [5, 5.41) is 14.3. The summed E-state index contributed by atoms with van der Waals surface area (Å²) in [6.45, 7) is 0. The van der Waals surface area contributed by atoms with Crippen LogP contribution in [0.25, 0.3) is 6.08 Å². The number of rotatable bonds is 4. The lowest BCUT2D eigenvalue weighted by molar-refractivity contribution is -0.115. The molecule has 2 aromatic carbocycles. The summed E-state index contributed by atoms with van der Waals surface area (Å²) in [5.74, 6) is -1.35. The zero-order chi connectivity index (χ0) is 16.7. The molecule has 0 atom stereocenters. The van der Waals surface area contributed by atoms with Crippen LogP contribution in [0.1, 0.15) is 15.9 Å². The average molecular weight is 326 g/mol. The third-order valence-electron chi connectivity index (χ3n) is 2.85. The van der Waals surface area contributed by atoms with E-state index in [-0.39, 0.29) is 16.6 Å². The molecule has 0 radical (unpaired) electrons. The van der Waals surface area contributed by atoms with Crippen molar-refractivity contribution in [3.63, 3.8) is 0 Å². The van der Waals surface area contributed by atoms with E-state index >= 15 is 0 Å². The number of nitrogens with one attached hydrogen (secondary N) is 2. The van der Waals surface area contributed by atoms with Crippen LogP contribution >= 0.6 is 12.2 Å². The third-order valence-corrected chi connectivity index (χ3v) is 3.06. The minimum Gasteiger partial charge on any atom is -0.478 e. The van der Waals surface area contributed by atoms with Crippen LogP contribution < -0.4 is 10.6 Å². The molecular formula is C17H14N2O3S. The zero-order valence-corrected chi connectivity index (χ0v) is 12.8. The molecule has 0 saturated carbocycles. The SMILES string of the molecule is O=C(C=Cc1ccccc1)NC(=S)Nc1ccc(C(=O)O)cc1. The monoisotopic (exact) mass is 326 g/mol. The van der Waals surface area contributed by atoms with Gasteiger partial charge < -0.3 is 10.4 Å². The lowest BCUT2D eigenvalue weighted by atomic mass is 10.2. The van der Waals surface area contributed by atoms with Crippen molar-refractivity contribution in [2.45, 2.75) is 0 Å². The molecule has 0 aliphatic heterocycles. The Morgan fingerprint density at radius 3 is 2.26 bits per heavy atom. The van der Waals surface area contributed by atoms with E-state index < -0.39 is 5.97 Å². The van der Waals surface area contributed by atoms with Crippen molar-refractivity contribution in [1.82, 2.24) is 5.32 Å². The minimum absolute atomic E-state index is 0.135. The van der Waals surface area contributed by atoms with Gasteiger partial charge in [0, 0.05) is 11.8 Å². The Bertz CT molecular complexity index is 740. The predicted octanol–water partition coefficient (Wildman–Crippen LogP) is 2.91. The summed E-state index contributed by atoms with van der Waals surface area (Å²) in [6, 6.07) is 15.5. The number of hydrogen-bond acceptors (Lipinski definition) is 3. The van der Waals surface area contributed by atoms with E-state index in [4.69, 9.17) is 17.3 Å². The number of benzene rings is 2. The molecule has 0 spiro atoms. The second-order valence-corrected chi connectivity index (χ2v) is 4.98. The van der Waals surface area contributed by atoms with Gasteiger partial charge in [-0.1, -0.05) is 30.3 Å². The topological polar surface area (TPSA) is 78.4 Å². The molecule has 3 N–H and O–H groups in total. The molecule has 0 aromatic heterocycles. The van der Waals surface area contributed by atoms with Crippen LogP contribution in [0.3, 0.4) is 0 Å². The largest absolute Gasteiger partial charge is 0.478 e. The summed E-state index contributed by atoms with van der Waals surface area (Å²) in [6.07, 6.45) is 3.07. The first kappa shape index (κ1) is 16.4. The summed E-state index contributed by atoms with van der Waals surface area (Å²) >= 11 is 5.03. The molecule has 0 aliphatic rings. The normalized spacial score (nSPS) is 10.3. The van der Waals surface area contributed by atoms with Crippen molar-refractivity contribution in [2.75, 3.05) is 5.32 Å². The lowest BCUT2D eigenvalue weighted by Gasteiger charge is -2.08. The highest BCUT2D eigenvalue weighted by atomic mass is 32.1. The molecule has 0 fully saturated rings. The third kappa shape index (κ3) is 5.37. The van der Waals surface area contributed by atoms with Gasteiger partial charge in [0.15, 0.2) is 5.11 Å². The number of carboxylic acid groups (broad SMARTS) is 1. The number of carbonyl (C=O) groups excluding carboxylic acids is 1. The highest BCUT2D eigenvalue weighted by Crippen LogP contribution is 2.09. The first-order valence-electron chi connectivity index (χ1n) is 6.73. The fraction of sp³-hybridized carbons (Fsp3) is 0. The molecular weight excluding hydrogens is 312 g/mol. The van der Waals surface area contributed by atoms with Gasteiger partial charge in [-0.3, -0.25) is 10.1 Å². The standard InChI is InChI=1S/C17H14N2O3S/c20-15(11-6-12-4-2-1-3-5-12)19-17(23)18-14-9-7-13(8-10-14)16(21)22/h1-11H,(H,21,22)(H2,18,19,20,23). The molecule has 23 heavy (non-hydrogen) atoms. The lowest BCUT2D eigenvalue weighted by Crippen LogP contribution is -2.32. The van der Waals surface area contributed by atoms with Crippen LogP contribution in [-0.4, -0.2) is 22.1 Å². The second-order valence-electron chi connectivity index (χ2n) is 4.57. The maximum atomic E-state index is 11.8. The van der Waals surface area contributed by atoms with Crippen LogP contribution in [0.2, 0.25) is 0 Å². The number of thiocarbonyl (C=S) groups is 1. The summed E-state index contributed by atoms with van der Waals surface area (Å²) in [7, 11) is 0. The van der Waals surface area contributed by atoms with Gasteiger partial charge in [-0.2, -0.15) is 0 Å². The first-order chi connectivity index (χ1) is 11.0. The van der Waals surface area contributed by atoms with Gasteiger partial charge in [0.1, 0.15) is 0 Å². The zero-order valence-electron chi connectivity index (χ0n) is 12.0. The van der Waals surface area contributed by atoms with Crippen LogP contribution in [0.5, 0.6) is 0 Å². The molecule has 0 heterocycles. The smallest absolute Gasteiger partial charge is 0.335 e. The van der Waals surface area contributed by atoms with Gasteiger partial charge in [-0.05, 0) is 48.1 Å². The number of amides is 1. The Kier molecular flexibility index (Phi) is 5.60. The molecule has 2 rings (SSSR count). The van der Waals surface area contributed by atoms with Gasteiger partial charge in [0.2, 0.25) is 5.91 Å².